The van der Waals surface area contributed by atoms with Gasteiger partial charge in [-0.1, -0.05) is 50.6 Å². The summed E-state index contributed by atoms with van der Waals surface area (Å²) < 4.78 is 4.71. The molecule has 0 spiro atoms. The maximum atomic E-state index is 12.6. The molecule has 3 aromatic rings. The summed E-state index contributed by atoms with van der Waals surface area (Å²) in [5, 5.41) is 24.4. The molecule has 0 aliphatic rings. The number of carbonyl (C=O) groups excluding carboxylic acids is 2. The highest BCUT2D eigenvalue weighted by atomic mass is 35.5. The predicted molar refractivity (Wildman–Crippen MR) is 127 cm³/mol. The van der Waals surface area contributed by atoms with Crippen molar-refractivity contribution in [2.45, 2.75) is 33.7 Å². The summed E-state index contributed by atoms with van der Waals surface area (Å²) in [5.74, 6) is -0.566. The maximum Gasteiger partial charge on any atom is 0.256 e. The van der Waals surface area contributed by atoms with E-state index in [1.165, 1.54) is 0 Å². The Morgan fingerprint density at radius 1 is 1.06 bits per heavy atom. The van der Waals surface area contributed by atoms with Crippen LogP contribution in [-0.2, 0) is 11.3 Å². The van der Waals surface area contributed by atoms with Crippen LogP contribution in [0, 0.1) is 10.8 Å². The van der Waals surface area contributed by atoms with Crippen LogP contribution in [0.4, 0.5) is 11.5 Å². The van der Waals surface area contributed by atoms with E-state index in [4.69, 9.17) is 21.6 Å². The number of anilines is 2. The molecule has 0 atom stereocenters. The van der Waals surface area contributed by atoms with Crippen molar-refractivity contribution in [1.29, 1.82) is 5.41 Å². The first-order valence-electron chi connectivity index (χ1n) is 10.2. The average Bonchev–Trinajstić information content (AvgIpc) is 3.19. The summed E-state index contributed by atoms with van der Waals surface area (Å²) in [6, 6.07) is 13.6. The molecule has 1 aromatic heterocycles. The number of halogens is 1. The van der Waals surface area contributed by atoms with Crippen LogP contribution >= 0.6 is 11.6 Å². The fourth-order valence-corrected chi connectivity index (χ4v) is 3.09. The number of amidine groups is 1. The van der Waals surface area contributed by atoms with Crippen molar-refractivity contribution in [3.8, 4) is 0 Å². The summed E-state index contributed by atoms with van der Waals surface area (Å²) in [4.78, 5) is 24.6. The Morgan fingerprint density at radius 2 is 1.79 bits per heavy atom. The Bertz CT molecular complexity index is 1150. The molecule has 0 radical (unpaired) electrons. The summed E-state index contributed by atoms with van der Waals surface area (Å²) >= 11 is 5.96. The highest BCUT2D eigenvalue weighted by Crippen LogP contribution is 2.19. The smallest absolute Gasteiger partial charge is 0.256 e. The minimum Gasteiger partial charge on any atom is -0.352 e. The first kappa shape index (κ1) is 23.9. The lowest BCUT2D eigenvalue weighted by Crippen LogP contribution is -2.27. The van der Waals surface area contributed by atoms with E-state index in [9.17, 15) is 9.59 Å². The molecule has 0 aliphatic carbocycles. The Kier molecular flexibility index (Phi) is 7.44. The SMILES string of the molecule is CC(C)(C)CC(=O)NCc1ccc(C(=O)Nc2nonc2C(=N)Nc2cccc(Cl)c2)cc1. The lowest BCUT2D eigenvalue weighted by atomic mass is 9.92. The van der Waals surface area contributed by atoms with E-state index in [0.29, 0.717) is 29.2 Å². The molecule has 2 aromatic carbocycles. The fraction of sp³-hybridized carbons (Fsp3) is 0.261. The van der Waals surface area contributed by atoms with Crippen LogP contribution < -0.4 is 16.0 Å². The minimum absolute atomic E-state index is 0.0121. The van der Waals surface area contributed by atoms with E-state index in [2.05, 4.69) is 26.3 Å². The number of hydrogen-bond donors (Lipinski definition) is 4. The van der Waals surface area contributed by atoms with Crippen molar-refractivity contribution in [3.63, 3.8) is 0 Å². The molecule has 2 amide bonds. The lowest BCUT2D eigenvalue weighted by Gasteiger charge is -2.17. The zero-order valence-electron chi connectivity index (χ0n) is 18.5. The van der Waals surface area contributed by atoms with Crippen LogP contribution in [0.1, 0.15) is 48.8 Å². The van der Waals surface area contributed by atoms with Crippen molar-refractivity contribution in [3.05, 3.63) is 70.4 Å². The molecule has 1 heterocycles. The number of hydrogen-bond acceptors (Lipinski definition) is 6. The van der Waals surface area contributed by atoms with Gasteiger partial charge >= 0.3 is 0 Å². The van der Waals surface area contributed by atoms with E-state index >= 15 is 0 Å². The minimum atomic E-state index is -0.439. The van der Waals surface area contributed by atoms with Gasteiger partial charge in [0.05, 0.1) is 0 Å². The quantitative estimate of drug-likeness (QED) is 0.299. The van der Waals surface area contributed by atoms with Gasteiger partial charge in [-0.05, 0) is 51.6 Å². The second kappa shape index (κ2) is 10.3. The molecule has 0 fully saturated rings. The third kappa shape index (κ3) is 7.15. The Morgan fingerprint density at radius 3 is 2.45 bits per heavy atom. The van der Waals surface area contributed by atoms with E-state index in [-0.39, 0.29) is 28.7 Å². The van der Waals surface area contributed by atoms with Crippen molar-refractivity contribution >= 4 is 40.8 Å². The second-order valence-electron chi connectivity index (χ2n) is 8.64. The molecule has 172 valence electrons. The van der Waals surface area contributed by atoms with Gasteiger partial charge in [-0.15, -0.1) is 0 Å². The summed E-state index contributed by atoms with van der Waals surface area (Å²) in [6.45, 7) is 6.39. The Labute approximate surface area is 196 Å². The van der Waals surface area contributed by atoms with Gasteiger partial charge in [0.2, 0.25) is 11.7 Å². The van der Waals surface area contributed by atoms with E-state index in [0.717, 1.165) is 5.56 Å². The Hall–Kier alpha value is -3.72. The predicted octanol–water partition coefficient (Wildman–Crippen LogP) is 4.47. The fourth-order valence-electron chi connectivity index (χ4n) is 2.90. The molecule has 0 saturated heterocycles. The van der Waals surface area contributed by atoms with Gasteiger partial charge in [-0.3, -0.25) is 15.0 Å². The summed E-state index contributed by atoms with van der Waals surface area (Å²) in [5.41, 5.74) is 1.79. The third-order valence-electron chi connectivity index (χ3n) is 4.45. The van der Waals surface area contributed by atoms with Crippen LogP contribution in [0.2, 0.25) is 5.02 Å². The molecule has 0 aliphatic heterocycles. The van der Waals surface area contributed by atoms with Crippen molar-refractivity contribution in [1.82, 2.24) is 15.6 Å². The molecule has 0 bridgehead atoms. The number of benzene rings is 2. The number of aromatic nitrogens is 2. The standard InChI is InChI=1S/C23H25ClN6O3/c1-23(2,3)12-18(31)26-13-14-7-9-15(10-8-14)22(32)28-21-19(29-33-30-21)20(25)27-17-6-4-5-16(24)11-17/h4-11H,12-13H2,1-3H3,(H2,25,27)(H,26,31)(H,28,30,32). The highest BCUT2D eigenvalue weighted by Gasteiger charge is 2.19. The normalized spacial score (nSPS) is 11.0. The molecule has 0 unspecified atom stereocenters. The number of amides is 2. The monoisotopic (exact) mass is 468 g/mol. The molecule has 3 rings (SSSR count). The van der Waals surface area contributed by atoms with Crippen LogP contribution in [0.3, 0.4) is 0 Å². The molecule has 9 nitrogen and oxygen atoms in total. The van der Waals surface area contributed by atoms with Crippen molar-refractivity contribution < 1.29 is 14.2 Å². The van der Waals surface area contributed by atoms with Crippen LogP contribution in [-0.4, -0.2) is 28.0 Å². The topological polar surface area (TPSA) is 133 Å². The summed E-state index contributed by atoms with van der Waals surface area (Å²) in [6.07, 6.45) is 0.433. The number of nitrogens with one attached hydrogen (secondary N) is 4. The van der Waals surface area contributed by atoms with Gasteiger partial charge in [0.1, 0.15) is 0 Å². The molecule has 10 heteroatoms. The third-order valence-corrected chi connectivity index (χ3v) is 4.68. The first-order chi connectivity index (χ1) is 15.6. The van der Waals surface area contributed by atoms with Crippen LogP contribution in [0.15, 0.2) is 53.2 Å². The number of rotatable bonds is 7. The van der Waals surface area contributed by atoms with Gasteiger partial charge in [0.15, 0.2) is 11.5 Å². The van der Waals surface area contributed by atoms with Crippen LogP contribution in [0.5, 0.6) is 0 Å². The zero-order valence-corrected chi connectivity index (χ0v) is 19.3. The van der Waals surface area contributed by atoms with E-state index in [1.807, 2.05) is 20.8 Å². The van der Waals surface area contributed by atoms with Crippen molar-refractivity contribution in [2.75, 3.05) is 10.6 Å². The largest absolute Gasteiger partial charge is 0.352 e. The highest BCUT2D eigenvalue weighted by molar-refractivity contribution is 6.31. The molecule has 0 saturated carbocycles. The number of nitrogens with zero attached hydrogens (tertiary/aromatic N) is 2. The van der Waals surface area contributed by atoms with Gasteiger partial charge < -0.3 is 16.0 Å². The van der Waals surface area contributed by atoms with Gasteiger partial charge in [-0.2, -0.15) is 0 Å². The second-order valence-corrected chi connectivity index (χ2v) is 9.07. The first-order valence-corrected chi connectivity index (χ1v) is 10.6. The molecule has 4 N–H and O–H groups in total. The van der Waals surface area contributed by atoms with E-state index < -0.39 is 5.91 Å². The lowest BCUT2D eigenvalue weighted by molar-refractivity contribution is -0.122. The van der Waals surface area contributed by atoms with Gasteiger partial charge in [0.25, 0.3) is 5.91 Å². The maximum absolute atomic E-state index is 12.6. The van der Waals surface area contributed by atoms with E-state index in [1.54, 1.807) is 48.5 Å². The zero-order chi connectivity index (χ0) is 24.0. The molecular formula is C23H25ClN6O3. The molecule has 33 heavy (non-hydrogen) atoms. The van der Waals surface area contributed by atoms with Crippen LogP contribution in [0.25, 0.3) is 0 Å². The Balaban J connectivity index is 1.59. The summed E-state index contributed by atoms with van der Waals surface area (Å²) in [7, 11) is 0. The molecular weight excluding hydrogens is 444 g/mol. The average molecular weight is 469 g/mol. The van der Waals surface area contributed by atoms with Gasteiger partial charge in [-0.25, -0.2) is 4.63 Å². The van der Waals surface area contributed by atoms with Crippen molar-refractivity contribution in [2.24, 2.45) is 5.41 Å². The number of carbonyl (C=O) groups is 2. The van der Waals surface area contributed by atoms with Gasteiger partial charge in [0, 0.05) is 29.2 Å².